The molecule has 6 amide bonds. The minimum atomic E-state index is -1.05. The Labute approximate surface area is 292 Å². The number of hydrogen-bond acceptors (Lipinski definition) is 11. The van der Waals surface area contributed by atoms with E-state index in [9.17, 15) is 38.7 Å². The summed E-state index contributed by atoms with van der Waals surface area (Å²) >= 11 is 6.63. The van der Waals surface area contributed by atoms with Crippen molar-refractivity contribution in [2.75, 3.05) is 0 Å². The number of amides is 6. The zero-order valence-corrected chi connectivity index (χ0v) is 29.2. The van der Waals surface area contributed by atoms with Gasteiger partial charge in [0, 0.05) is 6.92 Å². The molecule has 6 rings (SSSR count). The second-order valence-corrected chi connectivity index (χ2v) is 15.6. The average Bonchev–Trinajstić information content (AvgIpc) is 2.86. The van der Waals surface area contributed by atoms with E-state index in [1.165, 1.54) is 6.92 Å². The van der Waals surface area contributed by atoms with Crippen LogP contribution >= 0.6 is 31.9 Å². The third-order valence-electron chi connectivity index (χ3n) is 7.85. The first-order valence-corrected chi connectivity index (χ1v) is 16.2. The molecule has 15 nitrogen and oxygen atoms in total. The second-order valence-electron chi connectivity index (χ2n) is 13.5. The van der Waals surface area contributed by atoms with E-state index in [0.717, 1.165) is 9.80 Å². The van der Waals surface area contributed by atoms with Crippen LogP contribution < -0.4 is 11.5 Å². The van der Waals surface area contributed by atoms with E-state index in [4.69, 9.17) is 25.7 Å². The third-order valence-corrected chi connectivity index (χ3v) is 10.2. The Morgan fingerprint density at radius 1 is 0.745 bits per heavy atom. The molecule has 17 heteroatoms. The lowest BCUT2D eigenvalue weighted by molar-refractivity contribution is -0.174. The fraction of sp³-hybridized carbons (Fsp3) is 0.767. The van der Waals surface area contributed by atoms with Gasteiger partial charge < -0.3 is 30.8 Å². The molecule has 4 aliphatic heterocycles. The van der Waals surface area contributed by atoms with Crippen molar-refractivity contribution in [3.8, 4) is 0 Å². The number of piperidine rings is 4. The van der Waals surface area contributed by atoms with Crippen LogP contribution in [0.2, 0.25) is 0 Å². The van der Waals surface area contributed by atoms with Gasteiger partial charge in [-0.1, -0.05) is 46.7 Å². The molecule has 4 heterocycles. The number of halogens is 2. The minimum absolute atomic E-state index is 0. The van der Waals surface area contributed by atoms with Crippen molar-refractivity contribution in [2.24, 2.45) is 35.1 Å². The smallest absolute Gasteiger partial charge is 0.417 e. The number of nitrogens with zero attached hydrogens (tertiary/aromatic N) is 2. The van der Waals surface area contributed by atoms with Gasteiger partial charge in [-0.25, -0.2) is 19.4 Å². The standard InChI is InChI=1S/C15H21BrN2O6.C13H19BrN2O5.2CH4/c1-6(19)23-11-9(16)7-5-8(12(17)20)10(11)18(13(7)21)14(22)24-15(2,3)4;1-13(2,3)21-12(20)16-8-6(10(15)18)4-5(11(16)19)7(14)9(8)17;;/h7-11H,5H2,1-4H3,(H2,17,20);5-9,17H,4H2,1-3H3,(H2,15,18);2*1H4. The van der Waals surface area contributed by atoms with Crippen molar-refractivity contribution in [3.63, 3.8) is 0 Å². The van der Waals surface area contributed by atoms with Gasteiger partial charge in [0.05, 0.1) is 51.5 Å². The fourth-order valence-electron chi connectivity index (χ4n) is 6.12. The number of imide groups is 2. The lowest BCUT2D eigenvalue weighted by atomic mass is 9.70. The summed E-state index contributed by atoms with van der Waals surface area (Å²) in [4.78, 5) is 85.3. The molecule has 0 aromatic heterocycles. The Bertz CT molecular complexity index is 1270. The van der Waals surface area contributed by atoms with E-state index < -0.39 is 111 Å². The molecular formula is C30H48Br2N4O11. The Balaban J connectivity index is 0.000000454. The number of ether oxygens (including phenoxy) is 3. The summed E-state index contributed by atoms with van der Waals surface area (Å²) in [5, 5.41) is 10.3. The van der Waals surface area contributed by atoms with Gasteiger partial charge in [-0.2, -0.15) is 0 Å². The summed E-state index contributed by atoms with van der Waals surface area (Å²) < 4.78 is 15.8. The molecular weight excluding hydrogens is 752 g/mol. The molecule has 6 fully saturated rings. The predicted octanol–water partition coefficient (Wildman–Crippen LogP) is 2.60. The number of nitrogens with two attached hydrogens (primary N) is 2. The Hall–Kier alpha value is -2.79. The van der Waals surface area contributed by atoms with Gasteiger partial charge in [0.15, 0.2) is 0 Å². The van der Waals surface area contributed by atoms with Crippen molar-refractivity contribution in [2.45, 2.75) is 121 Å². The number of alkyl halides is 2. The number of esters is 1. The maximum absolute atomic E-state index is 12.6. The van der Waals surface area contributed by atoms with Crippen molar-refractivity contribution in [1.29, 1.82) is 0 Å². The van der Waals surface area contributed by atoms with Crippen molar-refractivity contribution in [1.82, 2.24) is 9.80 Å². The number of rotatable bonds is 3. The van der Waals surface area contributed by atoms with Crippen molar-refractivity contribution in [3.05, 3.63) is 0 Å². The van der Waals surface area contributed by atoms with Crippen LogP contribution in [0.3, 0.4) is 0 Å². The summed E-state index contributed by atoms with van der Waals surface area (Å²) in [5.41, 5.74) is 9.18. The van der Waals surface area contributed by atoms with Gasteiger partial charge in [-0.05, 0) is 54.4 Å². The van der Waals surface area contributed by atoms with Gasteiger partial charge in [0.1, 0.15) is 17.3 Å². The molecule has 0 radical (unpaired) electrons. The maximum atomic E-state index is 12.6. The number of aliphatic hydroxyl groups is 1. The number of fused-ring (bicyclic) bond motifs is 6. The largest absolute Gasteiger partial charge is 0.459 e. The molecule has 0 spiro atoms. The zero-order valence-electron chi connectivity index (χ0n) is 26.0. The molecule has 2 saturated carbocycles. The lowest BCUT2D eigenvalue weighted by Gasteiger charge is -2.52. The molecule has 10 unspecified atom stereocenters. The molecule has 5 N–H and O–H groups in total. The summed E-state index contributed by atoms with van der Waals surface area (Å²) in [7, 11) is 0. The van der Waals surface area contributed by atoms with Crippen LogP contribution in [0.15, 0.2) is 0 Å². The van der Waals surface area contributed by atoms with E-state index in [1.807, 2.05) is 0 Å². The van der Waals surface area contributed by atoms with Crippen LogP contribution in [0.1, 0.15) is 76.2 Å². The first-order valence-electron chi connectivity index (χ1n) is 14.3. The highest BCUT2D eigenvalue weighted by atomic mass is 79.9. The van der Waals surface area contributed by atoms with E-state index in [2.05, 4.69) is 31.9 Å². The summed E-state index contributed by atoms with van der Waals surface area (Å²) in [6, 6.07) is -1.97. The van der Waals surface area contributed by atoms with Gasteiger partial charge in [0.25, 0.3) is 0 Å². The van der Waals surface area contributed by atoms with Gasteiger partial charge >= 0.3 is 18.2 Å². The fourth-order valence-corrected chi connectivity index (χ4v) is 7.74. The van der Waals surface area contributed by atoms with Crippen LogP contribution in [0.5, 0.6) is 0 Å². The summed E-state index contributed by atoms with van der Waals surface area (Å²) in [5.74, 6) is -5.69. The van der Waals surface area contributed by atoms with Crippen molar-refractivity contribution >= 4 is 73.6 Å². The second kappa shape index (κ2) is 15.2. The van der Waals surface area contributed by atoms with Gasteiger partial charge in [-0.3, -0.25) is 24.0 Å². The van der Waals surface area contributed by atoms with Gasteiger partial charge in [-0.15, -0.1) is 0 Å². The molecule has 10 atom stereocenters. The highest BCUT2D eigenvalue weighted by Crippen LogP contribution is 2.46. The van der Waals surface area contributed by atoms with Crippen LogP contribution in [0.25, 0.3) is 0 Å². The first-order chi connectivity index (χ1) is 20.5. The third kappa shape index (κ3) is 8.82. The van der Waals surface area contributed by atoms with Crippen molar-refractivity contribution < 1.29 is 52.9 Å². The van der Waals surface area contributed by atoms with E-state index >= 15 is 0 Å². The molecule has 47 heavy (non-hydrogen) atoms. The van der Waals surface area contributed by atoms with E-state index in [1.54, 1.807) is 41.5 Å². The Kier molecular flexibility index (Phi) is 13.6. The Morgan fingerprint density at radius 2 is 1.11 bits per heavy atom. The maximum Gasteiger partial charge on any atom is 0.417 e. The summed E-state index contributed by atoms with van der Waals surface area (Å²) in [6.45, 7) is 11.2. The van der Waals surface area contributed by atoms with E-state index in [-0.39, 0.29) is 27.7 Å². The molecule has 6 aliphatic rings. The monoisotopic (exact) mass is 798 g/mol. The number of carbonyl (C=O) groups is 7. The Morgan fingerprint density at radius 3 is 1.47 bits per heavy atom. The molecule has 4 saturated heterocycles. The average molecular weight is 801 g/mol. The predicted molar refractivity (Wildman–Crippen MR) is 176 cm³/mol. The highest BCUT2D eigenvalue weighted by Gasteiger charge is 2.62. The quantitative estimate of drug-likeness (QED) is 0.214. The van der Waals surface area contributed by atoms with Crippen LogP contribution in [0.4, 0.5) is 9.59 Å². The van der Waals surface area contributed by atoms with Crippen LogP contribution in [-0.2, 0) is 38.2 Å². The SMILES string of the molecule is C.C.CC(=O)OC1C(Br)C2CC(C(N)=O)C1N(C(=O)OC(C)(C)C)C2=O.CC(C)(C)OC(=O)N1C(=O)C2CC(C(N)=O)C1C(O)C2Br. The topological polar surface area (TPSA) is 226 Å². The number of aliphatic hydroxyl groups excluding tert-OH is 1. The zero-order chi connectivity index (χ0) is 34.5. The van der Waals surface area contributed by atoms with Crippen LogP contribution in [0, 0.1) is 23.7 Å². The first kappa shape index (κ1) is 42.2. The molecule has 4 bridgehead atoms. The minimum Gasteiger partial charge on any atom is -0.459 e. The summed E-state index contributed by atoms with van der Waals surface area (Å²) in [6.07, 6.45) is -3.20. The molecule has 268 valence electrons. The number of primary amides is 2. The molecule has 0 aromatic rings. The van der Waals surface area contributed by atoms with Gasteiger partial charge in [0.2, 0.25) is 23.6 Å². The lowest BCUT2D eigenvalue weighted by Crippen LogP contribution is -2.71. The normalized spacial score (nSPS) is 32.6. The molecule has 0 aromatic carbocycles. The number of hydrogen-bond donors (Lipinski definition) is 3. The van der Waals surface area contributed by atoms with E-state index in [0.29, 0.717) is 0 Å². The highest BCUT2D eigenvalue weighted by molar-refractivity contribution is 9.09. The molecule has 2 aliphatic carbocycles. The number of carbonyl (C=O) groups excluding carboxylic acids is 7. The van der Waals surface area contributed by atoms with Crippen LogP contribution in [-0.4, -0.2) is 102 Å².